The third kappa shape index (κ3) is 5.20. The molecular formula is C25H24N2O4. The zero-order valence-corrected chi connectivity index (χ0v) is 18.1. The molecule has 3 rings (SSSR count). The summed E-state index contributed by atoms with van der Waals surface area (Å²) in [5, 5.41) is 8.79. The highest BCUT2D eigenvalue weighted by Crippen LogP contribution is 2.23. The Labute approximate surface area is 181 Å². The topological polar surface area (TPSA) is 81.3 Å². The quantitative estimate of drug-likeness (QED) is 0.422. The molecule has 0 aliphatic rings. The molecule has 6 heteroatoms. The number of aromatic nitrogens is 1. The Bertz CT molecular complexity index is 1150. The number of hydrogen-bond donors (Lipinski definition) is 0. The molecule has 0 fully saturated rings. The van der Waals surface area contributed by atoms with Crippen molar-refractivity contribution < 1.29 is 19.1 Å². The first-order valence-electron chi connectivity index (χ1n) is 9.88. The number of nitrogens with zero attached hydrogens (tertiary/aromatic N) is 2. The van der Waals surface area contributed by atoms with Crippen molar-refractivity contribution in [3.63, 3.8) is 0 Å². The first-order valence-corrected chi connectivity index (χ1v) is 9.88. The molecule has 0 saturated heterocycles. The lowest BCUT2D eigenvalue weighted by Gasteiger charge is -2.12. The maximum atomic E-state index is 12.7. The molecule has 6 nitrogen and oxygen atoms in total. The number of benzene rings is 2. The van der Waals surface area contributed by atoms with Gasteiger partial charge in [0.25, 0.3) is 0 Å². The van der Waals surface area contributed by atoms with Gasteiger partial charge in [0.2, 0.25) is 5.78 Å². The van der Waals surface area contributed by atoms with Crippen molar-refractivity contribution in [2.75, 3.05) is 13.2 Å². The van der Waals surface area contributed by atoms with Crippen molar-refractivity contribution in [1.82, 2.24) is 4.57 Å². The fourth-order valence-electron chi connectivity index (χ4n) is 3.56. The molecule has 158 valence electrons. The zero-order valence-electron chi connectivity index (χ0n) is 18.1. The minimum absolute atomic E-state index is 0.268. The molecule has 0 aliphatic heterocycles. The Balaban J connectivity index is 1.63. The van der Waals surface area contributed by atoms with E-state index in [4.69, 9.17) is 14.7 Å². The highest BCUT2D eigenvalue weighted by Gasteiger charge is 2.18. The van der Waals surface area contributed by atoms with Crippen LogP contribution in [-0.4, -0.2) is 29.5 Å². The van der Waals surface area contributed by atoms with Crippen molar-refractivity contribution in [1.29, 1.82) is 5.26 Å². The predicted octanol–water partition coefficient (Wildman–Crippen LogP) is 4.39. The van der Waals surface area contributed by atoms with E-state index in [2.05, 4.69) is 18.2 Å². The lowest BCUT2D eigenvalue weighted by molar-refractivity contribution is -0.144. The minimum atomic E-state index is -0.638. The molecule has 0 unspecified atom stereocenters. The van der Waals surface area contributed by atoms with Gasteiger partial charge in [-0.3, -0.25) is 4.79 Å². The fourth-order valence-corrected chi connectivity index (χ4v) is 3.56. The van der Waals surface area contributed by atoms with Crippen LogP contribution in [0.1, 0.15) is 38.4 Å². The van der Waals surface area contributed by atoms with Crippen LogP contribution in [0.4, 0.5) is 0 Å². The van der Waals surface area contributed by atoms with Crippen molar-refractivity contribution >= 4 is 11.8 Å². The monoisotopic (exact) mass is 416 g/mol. The fraction of sp³-hybridized carbons (Fsp3) is 0.240. The average Bonchev–Trinajstić information content (AvgIpc) is 3.04. The van der Waals surface area contributed by atoms with Gasteiger partial charge in [0, 0.05) is 22.6 Å². The SMILES string of the molecule is Cc1cc(C)cc(-n2c(C)cc(C(=O)COC(=O)COc3ccc(C#N)cc3)c2C)c1. The zero-order chi connectivity index (χ0) is 22.5. The van der Waals surface area contributed by atoms with Crippen LogP contribution in [0, 0.1) is 39.0 Å². The van der Waals surface area contributed by atoms with Gasteiger partial charge in [0.1, 0.15) is 5.75 Å². The lowest BCUT2D eigenvalue weighted by atomic mass is 10.1. The van der Waals surface area contributed by atoms with Gasteiger partial charge in [-0.15, -0.1) is 0 Å². The van der Waals surface area contributed by atoms with Gasteiger partial charge in [-0.05, 0) is 81.3 Å². The molecule has 0 aliphatic carbocycles. The van der Waals surface area contributed by atoms with Crippen LogP contribution in [0.3, 0.4) is 0 Å². The highest BCUT2D eigenvalue weighted by atomic mass is 16.6. The molecule has 0 N–H and O–H groups in total. The number of esters is 1. The summed E-state index contributed by atoms with van der Waals surface area (Å²) < 4.78 is 12.5. The summed E-state index contributed by atoms with van der Waals surface area (Å²) in [6.07, 6.45) is 0. The molecule has 0 radical (unpaired) electrons. The van der Waals surface area contributed by atoms with E-state index < -0.39 is 5.97 Å². The van der Waals surface area contributed by atoms with Crippen LogP contribution >= 0.6 is 0 Å². The second-order valence-corrected chi connectivity index (χ2v) is 7.47. The average molecular weight is 416 g/mol. The van der Waals surface area contributed by atoms with Gasteiger partial charge in [-0.2, -0.15) is 5.26 Å². The highest BCUT2D eigenvalue weighted by molar-refractivity contribution is 5.99. The van der Waals surface area contributed by atoms with Crippen LogP contribution in [0.15, 0.2) is 48.5 Å². The number of ketones is 1. The van der Waals surface area contributed by atoms with Crippen molar-refractivity contribution in [3.8, 4) is 17.5 Å². The van der Waals surface area contributed by atoms with Crippen LogP contribution in [0.2, 0.25) is 0 Å². The van der Waals surface area contributed by atoms with Gasteiger partial charge < -0.3 is 14.0 Å². The van der Waals surface area contributed by atoms with Crippen molar-refractivity contribution in [3.05, 3.63) is 82.2 Å². The number of nitriles is 1. The Morgan fingerprint density at radius 2 is 1.58 bits per heavy atom. The molecule has 2 aromatic carbocycles. The molecule has 3 aromatic rings. The summed E-state index contributed by atoms with van der Waals surface area (Å²) >= 11 is 0. The third-order valence-electron chi connectivity index (χ3n) is 4.90. The summed E-state index contributed by atoms with van der Waals surface area (Å²) in [6.45, 7) is 7.23. The van der Waals surface area contributed by atoms with Crippen LogP contribution in [0.25, 0.3) is 5.69 Å². The molecule has 0 amide bonds. The molecule has 31 heavy (non-hydrogen) atoms. The second kappa shape index (κ2) is 9.31. The maximum absolute atomic E-state index is 12.7. The normalized spacial score (nSPS) is 10.4. The maximum Gasteiger partial charge on any atom is 0.344 e. The third-order valence-corrected chi connectivity index (χ3v) is 4.90. The number of Topliss-reactive ketones (excluding diaryl/α,β-unsaturated/α-hetero) is 1. The number of carbonyl (C=O) groups excluding carboxylic acids is 2. The number of ether oxygens (including phenoxy) is 2. The summed E-state index contributed by atoms with van der Waals surface area (Å²) in [4.78, 5) is 24.7. The van der Waals surface area contributed by atoms with E-state index in [0.717, 1.165) is 28.2 Å². The van der Waals surface area contributed by atoms with Gasteiger partial charge in [-0.1, -0.05) is 6.07 Å². The van der Waals surface area contributed by atoms with Crippen molar-refractivity contribution in [2.45, 2.75) is 27.7 Å². The molecule has 1 heterocycles. The largest absolute Gasteiger partial charge is 0.482 e. The first kappa shape index (κ1) is 21.8. The number of carbonyl (C=O) groups is 2. The van der Waals surface area contributed by atoms with E-state index in [-0.39, 0.29) is 19.0 Å². The summed E-state index contributed by atoms with van der Waals surface area (Å²) in [6, 6.07) is 16.4. The summed E-state index contributed by atoms with van der Waals surface area (Å²) in [7, 11) is 0. The lowest BCUT2D eigenvalue weighted by Crippen LogP contribution is -2.19. The molecule has 0 saturated carbocycles. The molecule has 0 atom stereocenters. The van der Waals surface area contributed by atoms with E-state index >= 15 is 0 Å². The van der Waals surface area contributed by atoms with E-state index in [0.29, 0.717) is 16.9 Å². The number of rotatable bonds is 7. The minimum Gasteiger partial charge on any atom is -0.482 e. The van der Waals surface area contributed by atoms with Gasteiger partial charge in [0.05, 0.1) is 11.6 Å². The van der Waals surface area contributed by atoms with E-state index in [1.807, 2.05) is 44.4 Å². The van der Waals surface area contributed by atoms with Crippen molar-refractivity contribution in [2.24, 2.45) is 0 Å². The van der Waals surface area contributed by atoms with E-state index in [1.165, 1.54) is 0 Å². The molecular weight excluding hydrogens is 392 g/mol. The van der Waals surface area contributed by atoms with Crippen LogP contribution in [0.5, 0.6) is 5.75 Å². The Morgan fingerprint density at radius 1 is 0.935 bits per heavy atom. The molecule has 0 bridgehead atoms. The van der Waals surface area contributed by atoms with Gasteiger partial charge in [0.15, 0.2) is 13.2 Å². The van der Waals surface area contributed by atoms with Crippen LogP contribution < -0.4 is 4.74 Å². The number of aryl methyl sites for hydroxylation is 3. The Kier molecular flexibility index (Phi) is 6.56. The number of hydrogen-bond acceptors (Lipinski definition) is 5. The molecule has 0 spiro atoms. The standard InChI is InChI=1S/C25H24N2O4/c1-16-9-17(2)11-21(10-16)27-18(3)12-23(19(27)4)24(28)14-31-25(29)15-30-22-7-5-20(13-26)6-8-22/h5-12H,14-15H2,1-4H3. The Morgan fingerprint density at radius 3 is 2.19 bits per heavy atom. The van der Waals surface area contributed by atoms with E-state index in [9.17, 15) is 9.59 Å². The predicted molar refractivity (Wildman–Crippen MR) is 117 cm³/mol. The summed E-state index contributed by atoms with van der Waals surface area (Å²) in [5.41, 5.74) is 6.05. The van der Waals surface area contributed by atoms with Gasteiger partial charge >= 0.3 is 5.97 Å². The molecule has 1 aromatic heterocycles. The smallest absolute Gasteiger partial charge is 0.344 e. The second-order valence-electron chi connectivity index (χ2n) is 7.47. The Hall–Kier alpha value is -3.85. The van der Waals surface area contributed by atoms with Gasteiger partial charge in [-0.25, -0.2) is 4.79 Å². The summed E-state index contributed by atoms with van der Waals surface area (Å²) in [5.74, 6) is -0.462. The van der Waals surface area contributed by atoms with E-state index in [1.54, 1.807) is 24.3 Å². The first-order chi connectivity index (χ1) is 14.8. The van der Waals surface area contributed by atoms with Crippen LogP contribution in [-0.2, 0) is 9.53 Å².